The fraction of sp³-hybridized carbons (Fsp3) is 0.357. The number of rotatable bonds is 6. The summed E-state index contributed by atoms with van der Waals surface area (Å²) in [6.45, 7) is 4.80. The normalized spacial score (nSPS) is 12.1. The Hall–Kier alpha value is -1.55. The fourth-order valence-corrected chi connectivity index (χ4v) is 2.66. The zero-order valence-electron chi connectivity index (χ0n) is 10.7. The van der Waals surface area contributed by atoms with Gasteiger partial charge >= 0.3 is 0 Å². The highest BCUT2D eigenvalue weighted by atomic mass is 32.1. The molecule has 0 aromatic carbocycles. The van der Waals surface area contributed by atoms with Gasteiger partial charge in [0.05, 0.1) is 12.6 Å². The summed E-state index contributed by atoms with van der Waals surface area (Å²) in [6, 6.07) is 8.35. The van der Waals surface area contributed by atoms with Gasteiger partial charge in [-0.15, -0.1) is 11.3 Å². The van der Waals surface area contributed by atoms with Gasteiger partial charge in [-0.05, 0) is 36.9 Å². The van der Waals surface area contributed by atoms with Crippen molar-refractivity contribution < 1.29 is 4.74 Å². The fourth-order valence-electron chi connectivity index (χ4n) is 1.80. The van der Waals surface area contributed by atoms with Crippen molar-refractivity contribution in [3.8, 4) is 5.75 Å². The molecule has 0 saturated carbocycles. The number of nitrogens with zero attached hydrogens (tertiary/aromatic N) is 1. The van der Waals surface area contributed by atoms with Gasteiger partial charge < -0.3 is 10.1 Å². The molecule has 0 amide bonds. The van der Waals surface area contributed by atoms with Gasteiger partial charge in [-0.2, -0.15) is 0 Å². The monoisotopic (exact) mass is 262 g/mol. The van der Waals surface area contributed by atoms with Crippen molar-refractivity contribution in [2.45, 2.75) is 26.3 Å². The second-order valence-corrected chi connectivity index (χ2v) is 4.88. The summed E-state index contributed by atoms with van der Waals surface area (Å²) in [5.74, 6) is 1.63. The van der Waals surface area contributed by atoms with Crippen LogP contribution in [0.5, 0.6) is 5.75 Å². The molecule has 2 heterocycles. The number of hydrogen-bond donors (Lipinski definition) is 1. The molecule has 2 aromatic heterocycles. The predicted octanol–water partition coefficient (Wildman–Crippen LogP) is 4.11. The summed E-state index contributed by atoms with van der Waals surface area (Å²) in [7, 11) is 0. The molecule has 0 bridgehead atoms. The highest BCUT2D eigenvalue weighted by Gasteiger charge is 2.13. The molecular weight excluding hydrogens is 244 g/mol. The standard InChI is InChI=1S/C14H18N2OS/c1-3-11(13-8-6-10-18-13)16-14-12(17-4-2)7-5-9-15-14/h5-11H,3-4H2,1-2H3,(H,15,16). The lowest BCUT2D eigenvalue weighted by molar-refractivity contribution is 0.340. The summed E-state index contributed by atoms with van der Waals surface area (Å²) in [5, 5.41) is 5.56. The van der Waals surface area contributed by atoms with Crippen molar-refractivity contribution >= 4 is 17.2 Å². The number of thiophene rings is 1. The van der Waals surface area contributed by atoms with E-state index >= 15 is 0 Å². The van der Waals surface area contributed by atoms with Gasteiger partial charge in [-0.1, -0.05) is 13.0 Å². The van der Waals surface area contributed by atoms with Crippen LogP contribution in [-0.4, -0.2) is 11.6 Å². The summed E-state index contributed by atoms with van der Waals surface area (Å²) < 4.78 is 5.58. The third-order valence-corrected chi connectivity index (χ3v) is 3.66. The molecule has 0 aliphatic carbocycles. The lowest BCUT2D eigenvalue weighted by Crippen LogP contribution is -2.10. The molecular formula is C14H18N2OS. The summed E-state index contributed by atoms with van der Waals surface area (Å²) >= 11 is 1.76. The smallest absolute Gasteiger partial charge is 0.169 e. The highest BCUT2D eigenvalue weighted by molar-refractivity contribution is 7.10. The van der Waals surface area contributed by atoms with Crippen molar-refractivity contribution in [3.63, 3.8) is 0 Å². The summed E-state index contributed by atoms with van der Waals surface area (Å²) in [6.07, 6.45) is 2.80. The minimum Gasteiger partial charge on any atom is -0.490 e. The Labute approximate surface area is 112 Å². The third-order valence-electron chi connectivity index (χ3n) is 2.68. The van der Waals surface area contributed by atoms with Crippen molar-refractivity contribution in [1.82, 2.24) is 4.98 Å². The van der Waals surface area contributed by atoms with Crippen LogP contribution in [0.3, 0.4) is 0 Å². The lowest BCUT2D eigenvalue weighted by Gasteiger charge is -2.18. The van der Waals surface area contributed by atoms with Gasteiger partial charge in [0.15, 0.2) is 11.6 Å². The largest absolute Gasteiger partial charge is 0.490 e. The van der Waals surface area contributed by atoms with Crippen LogP contribution in [-0.2, 0) is 0 Å². The zero-order valence-corrected chi connectivity index (χ0v) is 11.5. The Morgan fingerprint density at radius 3 is 2.89 bits per heavy atom. The zero-order chi connectivity index (χ0) is 12.8. The third kappa shape index (κ3) is 3.01. The van der Waals surface area contributed by atoms with Gasteiger partial charge in [-0.3, -0.25) is 0 Å². The van der Waals surface area contributed by atoms with Crippen molar-refractivity contribution in [2.24, 2.45) is 0 Å². The van der Waals surface area contributed by atoms with E-state index in [1.807, 2.05) is 19.1 Å². The van der Waals surface area contributed by atoms with Crippen molar-refractivity contribution in [3.05, 3.63) is 40.7 Å². The van der Waals surface area contributed by atoms with Crippen LogP contribution >= 0.6 is 11.3 Å². The Bertz CT molecular complexity index is 470. The molecule has 2 aromatic rings. The Morgan fingerprint density at radius 1 is 1.33 bits per heavy atom. The molecule has 4 heteroatoms. The van der Waals surface area contributed by atoms with E-state index < -0.39 is 0 Å². The number of anilines is 1. The summed E-state index contributed by atoms with van der Waals surface area (Å²) in [4.78, 5) is 5.69. The number of aromatic nitrogens is 1. The van der Waals surface area contributed by atoms with Gasteiger partial charge in [0, 0.05) is 11.1 Å². The van der Waals surface area contributed by atoms with E-state index in [2.05, 4.69) is 34.7 Å². The highest BCUT2D eigenvalue weighted by Crippen LogP contribution is 2.29. The Balaban J connectivity index is 2.17. The molecule has 0 aliphatic rings. The van der Waals surface area contributed by atoms with Crippen molar-refractivity contribution in [2.75, 3.05) is 11.9 Å². The molecule has 18 heavy (non-hydrogen) atoms. The van der Waals surface area contributed by atoms with Crippen LogP contribution in [0, 0.1) is 0 Å². The number of pyridine rings is 1. The van der Waals surface area contributed by atoms with E-state index in [-0.39, 0.29) is 0 Å². The van der Waals surface area contributed by atoms with E-state index in [9.17, 15) is 0 Å². The molecule has 0 spiro atoms. The van der Waals surface area contributed by atoms with Gasteiger partial charge in [-0.25, -0.2) is 4.98 Å². The predicted molar refractivity (Wildman–Crippen MR) is 76.4 cm³/mol. The molecule has 1 atom stereocenters. The van der Waals surface area contributed by atoms with E-state index in [1.54, 1.807) is 17.5 Å². The van der Waals surface area contributed by atoms with E-state index in [1.165, 1.54) is 4.88 Å². The maximum atomic E-state index is 5.58. The first kappa shape index (κ1) is 12.9. The second kappa shape index (κ2) is 6.40. The van der Waals surface area contributed by atoms with Crippen molar-refractivity contribution in [1.29, 1.82) is 0 Å². The average Bonchev–Trinajstić information content (AvgIpc) is 2.92. The molecule has 0 radical (unpaired) electrons. The molecule has 3 nitrogen and oxygen atoms in total. The molecule has 1 unspecified atom stereocenters. The average molecular weight is 262 g/mol. The first-order valence-electron chi connectivity index (χ1n) is 6.22. The number of ether oxygens (including phenoxy) is 1. The van der Waals surface area contributed by atoms with Crippen LogP contribution < -0.4 is 10.1 Å². The quantitative estimate of drug-likeness (QED) is 0.851. The molecule has 0 fully saturated rings. The molecule has 96 valence electrons. The van der Waals surface area contributed by atoms with E-state index in [0.29, 0.717) is 12.6 Å². The van der Waals surface area contributed by atoms with Crippen LogP contribution in [0.1, 0.15) is 31.2 Å². The number of nitrogens with one attached hydrogen (secondary N) is 1. The Kier molecular flexibility index (Phi) is 4.59. The molecule has 1 N–H and O–H groups in total. The summed E-state index contributed by atoms with van der Waals surface area (Å²) in [5.41, 5.74) is 0. The minimum absolute atomic E-state index is 0.291. The Morgan fingerprint density at radius 2 is 2.22 bits per heavy atom. The topological polar surface area (TPSA) is 34.1 Å². The first-order valence-corrected chi connectivity index (χ1v) is 7.10. The van der Waals surface area contributed by atoms with Gasteiger partial charge in [0.1, 0.15) is 0 Å². The second-order valence-electron chi connectivity index (χ2n) is 3.90. The maximum Gasteiger partial charge on any atom is 0.169 e. The molecule has 0 aliphatic heterocycles. The minimum atomic E-state index is 0.291. The molecule has 0 saturated heterocycles. The van der Waals surface area contributed by atoms with Crippen LogP contribution in [0.2, 0.25) is 0 Å². The van der Waals surface area contributed by atoms with E-state index in [0.717, 1.165) is 18.0 Å². The van der Waals surface area contributed by atoms with Gasteiger partial charge in [0.2, 0.25) is 0 Å². The van der Waals surface area contributed by atoms with Crippen LogP contribution in [0.4, 0.5) is 5.82 Å². The SMILES string of the molecule is CCOc1cccnc1NC(CC)c1cccs1. The van der Waals surface area contributed by atoms with Gasteiger partial charge in [0.25, 0.3) is 0 Å². The van der Waals surface area contributed by atoms with E-state index in [4.69, 9.17) is 4.74 Å². The molecule has 2 rings (SSSR count). The first-order chi connectivity index (χ1) is 8.85. The maximum absolute atomic E-state index is 5.58. The van der Waals surface area contributed by atoms with Crippen LogP contribution in [0.25, 0.3) is 0 Å². The lowest BCUT2D eigenvalue weighted by atomic mass is 10.2. The number of hydrogen-bond acceptors (Lipinski definition) is 4. The van der Waals surface area contributed by atoms with Crippen LogP contribution in [0.15, 0.2) is 35.8 Å².